The molecule has 138 valence electrons. The van der Waals surface area contributed by atoms with Crippen LogP contribution in [0.3, 0.4) is 0 Å². The number of benzene rings is 1. The number of methoxy groups -OCH3 is 3. The van der Waals surface area contributed by atoms with E-state index in [2.05, 4.69) is 4.74 Å². The summed E-state index contributed by atoms with van der Waals surface area (Å²) in [7, 11) is 4.07. The fourth-order valence-electron chi connectivity index (χ4n) is 2.07. The molecule has 0 bridgehead atoms. The van der Waals surface area contributed by atoms with Gasteiger partial charge in [-0.15, -0.1) is 0 Å². The van der Waals surface area contributed by atoms with E-state index in [1.807, 2.05) is 0 Å². The Hall–Kier alpha value is -2.84. The van der Waals surface area contributed by atoms with Crippen LogP contribution in [0.4, 0.5) is 5.69 Å². The molecule has 9 nitrogen and oxygen atoms in total. The number of carbonyl (C=O) groups excluding carboxylic acids is 2. The average Bonchev–Trinajstić information content (AvgIpc) is 2.62. The van der Waals surface area contributed by atoms with E-state index in [4.69, 9.17) is 14.2 Å². The van der Waals surface area contributed by atoms with Gasteiger partial charge < -0.3 is 18.9 Å². The van der Waals surface area contributed by atoms with Gasteiger partial charge >= 0.3 is 11.9 Å². The number of esters is 2. The summed E-state index contributed by atoms with van der Waals surface area (Å²) >= 11 is 0. The molecule has 0 aliphatic carbocycles. The minimum atomic E-state index is -0.582. The number of nitro groups is 1. The van der Waals surface area contributed by atoms with Gasteiger partial charge in [-0.25, -0.2) is 0 Å². The Morgan fingerprint density at radius 1 is 1.00 bits per heavy atom. The van der Waals surface area contributed by atoms with Crippen LogP contribution < -0.4 is 9.47 Å². The maximum absolute atomic E-state index is 11.7. The molecule has 9 heteroatoms. The first kappa shape index (κ1) is 20.2. The summed E-state index contributed by atoms with van der Waals surface area (Å²) in [6, 6.07) is 2.62. The fourth-order valence-corrected chi connectivity index (χ4v) is 2.07. The first-order valence-electron chi connectivity index (χ1n) is 7.54. The van der Waals surface area contributed by atoms with Crippen molar-refractivity contribution in [2.45, 2.75) is 32.3 Å². The normalized spacial score (nSPS) is 10.0. The van der Waals surface area contributed by atoms with Gasteiger partial charge in [0.05, 0.1) is 37.9 Å². The van der Waals surface area contributed by atoms with Crippen LogP contribution in [0.2, 0.25) is 0 Å². The lowest BCUT2D eigenvalue weighted by molar-refractivity contribution is -0.385. The Morgan fingerprint density at radius 3 is 2.08 bits per heavy atom. The smallest absolute Gasteiger partial charge is 0.306 e. The summed E-state index contributed by atoms with van der Waals surface area (Å²) in [5, 5.41) is 11.2. The van der Waals surface area contributed by atoms with Gasteiger partial charge in [0.1, 0.15) is 6.61 Å². The molecule has 1 aromatic rings. The van der Waals surface area contributed by atoms with Crippen LogP contribution in [0.1, 0.15) is 31.2 Å². The number of ether oxygens (including phenoxy) is 4. The van der Waals surface area contributed by atoms with Crippen LogP contribution in [-0.2, 0) is 25.7 Å². The van der Waals surface area contributed by atoms with Gasteiger partial charge in [0.15, 0.2) is 11.5 Å². The highest BCUT2D eigenvalue weighted by Crippen LogP contribution is 2.34. The molecule has 0 amide bonds. The topological polar surface area (TPSA) is 114 Å². The van der Waals surface area contributed by atoms with E-state index in [9.17, 15) is 19.7 Å². The van der Waals surface area contributed by atoms with E-state index >= 15 is 0 Å². The molecule has 0 aromatic heterocycles. The van der Waals surface area contributed by atoms with Crippen molar-refractivity contribution in [3.63, 3.8) is 0 Å². The Morgan fingerprint density at radius 2 is 1.56 bits per heavy atom. The lowest BCUT2D eigenvalue weighted by Crippen LogP contribution is -2.07. The quantitative estimate of drug-likeness (QED) is 0.272. The third-order valence-electron chi connectivity index (χ3n) is 3.41. The lowest BCUT2D eigenvalue weighted by atomic mass is 10.1. The minimum Gasteiger partial charge on any atom is -0.493 e. The number of nitrogens with zero attached hydrogens (tertiary/aromatic N) is 1. The third kappa shape index (κ3) is 6.28. The van der Waals surface area contributed by atoms with Gasteiger partial charge in [-0.3, -0.25) is 19.7 Å². The predicted octanol–water partition coefficient (Wildman–Crippen LogP) is 2.39. The zero-order chi connectivity index (χ0) is 18.8. The number of carbonyl (C=O) groups is 2. The number of rotatable bonds is 10. The van der Waals surface area contributed by atoms with Crippen molar-refractivity contribution in [2.24, 2.45) is 0 Å². The van der Waals surface area contributed by atoms with Crippen LogP contribution in [-0.4, -0.2) is 38.2 Å². The SMILES string of the molecule is COC(=O)CCCCC(=O)OCc1cc(OC)c(OC)cc1[N+](=O)[O-]. The summed E-state index contributed by atoms with van der Waals surface area (Å²) in [5.41, 5.74) is -0.0262. The number of unbranched alkanes of at least 4 members (excludes halogenated alkanes) is 1. The molecule has 25 heavy (non-hydrogen) atoms. The Kier molecular flexibility index (Phi) is 8.17. The predicted molar refractivity (Wildman–Crippen MR) is 86.5 cm³/mol. The summed E-state index contributed by atoms with van der Waals surface area (Å²) in [6.07, 6.45) is 1.29. The molecule has 0 saturated carbocycles. The van der Waals surface area contributed by atoms with Crippen LogP contribution >= 0.6 is 0 Å². The van der Waals surface area contributed by atoms with Crippen LogP contribution in [0, 0.1) is 10.1 Å². The molecule has 0 atom stereocenters. The first-order valence-corrected chi connectivity index (χ1v) is 7.54. The molecule has 0 heterocycles. The van der Waals surface area contributed by atoms with Crippen molar-refractivity contribution in [1.82, 2.24) is 0 Å². The van der Waals surface area contributed by atoms with Crippen LogP contribution in [0.15, 0.2) is 12.1 Å². The molecule has 1 aromatic carbocycles. The van der Waals surface area contributed by atoms with Gasteiger partial charge in [-0.2, -0.15) is 0 Å². The summed E-state index contributed by atoms with van der Waals surface area (Å²) in [4.78, 5) is 33.3. The van der Waals surface area contributed by atoms with E-state index in [0.717, 1.165) is 0 Å². The van der Waals surface area contributed by atoms with Crippen LogP contribution in [0.5, 0.6) is 11.5 Å². The molecule has 0 fully saturated rings. The fraction of sp³-hybridized carbons (Fsp3) is 0.500. The second kappa shape index (κ2) is 10.1. The van der Waals surface area contributed by atoms with E-state index in [1.54, 1.807) is 0 Å². The van der Waals surface area contributed by atoms with Crippen molar-refractivity contribution < 1.29 is 33.5 Å². The van der Waals surface area contributed by atoms with Crippen molar-refractivity contribution >= 4 is 17.6 Å². The molecule has 0 saturated heterocycles. The van der Waals surface area contributed by atoms with Gasteiger partial charge in [-0.1, -0.05) is 0 Å². The maximum atomic E-state index is 11.7. The molecule has 0 spiro atoms. The van der Waals surface area contributed by atoms with E-state index < -0.39 is 10.9 Å². The summed E-state index contributed by atoms with van der Waals surface area (Å²) in [5.74, 6) is -0.326. The number of hydrogen-bond acceptors (Lipinski definition) is 8. The Balaban J connectivity index is 2.65. The second-order valence-corrected chi connectivity index (χ2v) is 5.04. The first-order chi connectivity index (χ1) is 11.9. The molecule has 0 aliphatic heterocycles. The monoisotopic (exact) mass is 355 g/mol. The largest absolute Gasteiger partial charge is 0.493 e. The maximum Gasteiger partial charge on any atom is 0.306 e. The second-order valence-electron chi connectivity index (χ2n) is 5.04. The molecule has 0 unspecified atom stereocenters. The average molecular weight is 355 g/mol. The molecule has 0 radical (unpaired) electrons. The highest BCUT2D eigenvalue weighted by atomic mass is 16.6. The van der Waals surface area contributed by atoms with Crippen molar-refractivity contribution in [1.29, 1.82) is 0 Å². The van der Waals surface area contributed by atoms with Gasteiger partial charge in [0, 0.05) is 12.8 Å². The van der Waals surface area contributed by atoms with E-state index in [-0.39, 0.29) is 42.4 Å². The van der Waals surface area contributed by atoms with Crippen molar-refractivity contribution in [3.05, 3.63) is 27.8 Å². The zero-order valence-electron chi connectivity index (χ0n) is 14.4. The lowest BCUT2D eigenvalue weighted by Gasteiger charge is -2.11. The van der Waals surface area contributed by atoms with Crippen LogP contribution in [0.25, 0.3) is 0 Å². The highest BCUT2D eigenvalue weighted by Gasteiger charge is 2.20. The van der Waals surface area contributed by atoms with Gasteiger partial charge in [0.25, 0.3) is 5.69 Å². The molecule has 1 rings (SSSR count). The highest BCUT2D eigenvalue weighted by molar-refractivity contribution is 5.70. The van der Waals surface area contributed by atoms with E-state index in [1.165, 1.54) is 33.5 Å². The number of nitro benzene ring substituents is 1. The number of hydrogen-bond donors (Lipinski definition) is 0. The Bertz CT molecular complexity index is 629. The standard InChI is InChI=1S/C16H21NO8/c1-22-13-8-11(12(17(20)21)9-14(13)23-2)10-25-16(19)7-5-4-6-15(18)24-3/h8-9H,4-7,10H2,1-3H3. The molecule has 0 N–H and O–H groups in total. The third-order valence-corrected chi connectivity index (χ3v) is 3.41. The Labute approximate surface area is 145 Å². The minimum absolute atomic E-state index is 0.109. The summed E-state index contributed by atoms with van der Waals surface area (Å²) in [6.45, 7) is -0.257. The van der Waals surface area contributed by atoms with Crippen molar-refractivity contribution in [2.75, 3.05) is 21.3 Å². The molecule has 0 aliphatic rings. The summed E-state index contributed by atoms with van der Waals surface area (Å²) < 4.78 is 19.7. The van der Waals surface area contributed by atoms with Crippen molar-refractivity contribution in [3.8, 4) is 11.5 Å². The van der Waals surface area contributed by atoms with E-state index in [0.29, 0.717) is 18.6 Å². The zero-order valence-corrected chi connectivity index (χ0v) is 14.4. The van der Waals surface area contributed by atoms with Gasteiger partial charge in [-0.05, 0) is 18.9 Å². The van der Waals surface area contributed by atoms with Gasteiger partial charge in [0.2, 0.25) is 0 Å². The molecular formula is C16H21NO8. The molecular weight excluding hydrogens is 334 g/mol.